The molecule has 0 atom stereocenters. The maximum absolute atomic E-state index is 10.5. The molecule has 0 spiro atoms. The fraction of sp³-hybridized carbons (Fsp3) is 0. The number of rotatable bonds is 3. The van der Waals surface area contributed by atoms with Gasteiger partial charge in [-0.05, 0) is 35.4 Å². The molecule has 4 nitrogen and oxygen atoms in total. The van der Waals surface area contributed by atoms with Crippen LogP contribution in [-0.2, 0) is 0 Å². The quantitative estimate of drug-likeness (QED) is 0.407. The van der Waals surface area contributed by atoms with Gasteiger partial charge in [0.1, 0.15) is 5.75 Å². The first kappa shape index (κ1) is 16.1. The molecular formula is C14H12KNO3. The van der Waals surface area contributed by atoms with Gasteiger partial charge >= 0.3 is 51.4 Å². The van der Waals surface area contributed by atoms with E-state index in [9.17, 15) is 10.1 Å². The van der Waals surface area contributed by atoms with Crippen molar-refractivity contribution in [2.45, 2.75) is 0 Å². The molecule has 2 aromatic carbocycles. The van der Waals surface area contributed by atoms with Gasteiger partial charge < -0.3 is 5.11 Å². The van der Waals surface area contributed by atoms with Gasteiger partial charge in [0.15, 0.2) is 0 Å². The number of non-ortho nitro benzene ring substituents is 1. The van der Waals surface area contributed by atoms with Crippen LogP contribution in [0.1, 0.15) is 11.1 Å². The van der Waals surface area contributed by atoms with Gasteiger partial charge in [-0.25, -0.2) is 0 Å². The third-order valence-electron chi connectivity index (χ3n) is 2.47. The zero-order valence-electron chi connectivity index (χ0n) is 9.48. The van der Waals surface area contributed by atoms with Gasteiger partial charge in [-0.15, -0.1) is 0 Å². The summed E-state index contributed by atoms with van der Waals surface area (Å²) in [7, 11) is 0. The van der Waals surface area contributed by atoms with Gasteiger partial charge in [0.05, 0.1) is 4.92 Å². The number of phenols is 1. The summed E-state index contributed by atoms with van der Waals surface area (Å²) in [5.41, 5.74) is 1.91. The SMILES string of the molecule is O=[N+]([O-])c1ccc(/C=C/c2ccc(O)cc2)cc1.[KH]. The number of nitrogens with zero attached hydrogens (tertiary/aromatic N) is 1. The van der Waals surface area contributed by atoms with E-state index in [0.29, 0.717) is 0 Å². The molecule has 0 saturated heterocycles. The predicted molar refractivity (Wildman–Crippen MR) is 77.3 cm³/mol. The van der Waals surface area contributed by atoms with Crippen molar-refractivity contribution >= 4 is 69.2 Å². The maximum atomic E-state index is 10.5. The number of phenolic OH excluding ortho intramolecular Hbond substituents is 1. The Morgan fingerprint density at radius 1 is 0.895 bits per heavy atom. The molecule has 0 heterocycles. The molecule has 0 radical (unpaired) electrons. The molecule has 0 aliphatic carbocycles. The second-order valence-electron chi connectivity index (χ2n) is 3.77. The summed E-state index contributed by atoms with van der Waals surface area (Å²) in [6.07, 6.45) is 3.73. The van der Waals surface area contributed by atoms with Crippen LogP contribution in [0.2, 0.25) is 0 Å². The van der Waals surface area contributed by atoms with Crippen LogP contribution < -0.4 is 0 Å². The molecular weight excluding hydrogens is 269 g/mol. The monoisotopic (exact) mass is 281 g/mol. The van der Waals surface area contributed by atoms with E-state index < -0.39 is 4.92 Å². The van der Waals surface area contributed by atoms with Crippen LogP contribution in [0.15, 0.2) is 48.5 Å². The topological polar surface area (TPSA) is 63.4 Å². The Kier molecular flexibility index (Phi) is 6.40. The van der Waals surface area contributed by atoms with Crippen LogP contribution in [0.25, 0.3) is 12.2 Å². The van der Waals surface area contributed by atoms with E-state index in [0.717, 1.165) is 11.1 Å². The molecule has 19 heavy (non-hydrogen) atoms. The van der Waals surface area contributed by atoms with Crippen LogP contribution >= 0.6 is 0 Å². The van der Waals surface area contributed by atoms with Crippen molar-refractivity contribution in [2.75, 3.05) is 0 Å². The summed E-state index contributed by atoms with van der Waals surface area (Å²) in [6.45, 7) is 0. The summed E-state index contributed by atoms with van der Waals surface area (Å²) in [4.78, 5) is 10.1. The van der Waals surface area contributed by atoms with Crippen LogP contribution in [0.5, 0.6) is 5.75 Å². The molecule has 0 unspecified atom stereocenters. The zero-order chi connectivity index (χ0) is 13.0. The Morgan fingerprint density at radius 3 is 1.74 bits per heavy atom. The summed E-state index contributed by atoms with van der Waals surface area (Å²) in [5, 5.41) is 19.6. The number of nitro benzene ring substituents is 1. The van der Waals surface area contributed by atoms with Gasteiger partial charge in [-0.3, -0.25) is 10.1 Å². The van der Waals surface area contributed by atoms with Gasteiger partial charge in [-0.2, -0.15) is 0 Å². The Labute approximate surface area is 153 Å². The van der Waals surface area contributed by atoms with Crippen LogP contribution in [0, 0.1) is 10.1 Å². The molecule has 92 valence electrons. The van der Waals surface area contributed by atoms with Crippen molar-refractivity contribution in [3.05, 3.63) is 69.8 Å². The zero-order valence-corrected chi connectivity index (χ0v) is 9.48. The summed E-state index contributed by atoms with van der Waals surface area (Å²) in [5.74, 6) is 0.225. The third-order valence-corrected chi connectivity index (χ3v) is 2.47. The summed E-state index contributed by atoms with van der Waals surface area (Å²) in [6, 6.07) is 13.1. The first-order valence-electron chi connectivity index (χ1n) is 5.37. The van der Waals surface area contributed by atoms with Crippen molar-refractivity contribution < 1.29 is 10.0 Å². The Morgan fingerprint density at radius 2 is 1.32 bits per heavy atom. The number of hydrogen-bond donors (Lipinski definition) is 1. The van der Waals surface area contributed by atoms with Crippen molar-refractivity contribution in [1.29, 1.82) is 0 Å². The Balaban J connectivity index is 0.00000180. The van der Waals surface area contributed by atoms with E-state index in [4.69, 9.17) is 5.11 Å². The average molecular weight is 281 g/mol. The van der Waals surface area contributed by atoms with Crippen molar-refractivity contribution in [1.82, 2.24) is 0 Å². The molecule has 1 N–H and O–H groups in total. The van der Waals surface area contributed by atoms with E-state index in [2.05, 4.69) is 0 Å². The number of hydrogen-bond acceptors (Lipinski definition) is 3. The van der Waals surface area contributed by atoms with Gasteiger partial charge in [0.25, 0.3) is 5.69 Å². The molecule has 0 bridgehead atoms. The third kappa shape index (κ3) is 4.89. The van der Waals surface area contributed by atoms with E-state index in [1.54, 1.807) is 36.4 Å². The van der Waals surface area contributed by atoms with E-state index in [1.807, 2.05) is 12.2 Å². The van der Waals surface area contributed by atoms with E-state index >= 15 is 0 Å². The number of benzene rings is 2. The van der Waals surface area contributed by atoms with Crippen molar-refractivity contribution in [3.63, 3.8) is 0 Å². The standard InChI is InChI=1S/C14H11NO3.K.H/c16-14-9-5-12(6-10-14)2-1-11-3-7-13(8-4-11)15(17)18;;/h1-10,16H;;/b2-1+;;. The average Bonchev–Trinajstić information content (AvgIpc) is 2.38. The second-order valence-corrected chi connectivity index (χ2v) is 3.77. The minimum atomic E-state index is -0.423. The molecule has 0 aromatic heterocycles. The predicted octanol–water partition coefficient (Wildman–Crippen LogP) is 2.82. The fourth-order valence-electron chi connectivity index (χ4n) is 1.49. The van der Waals surface area contributed by atoms with Crippen molar-refractivity contribution in [2.24, 2.45) is 0 Å². The molecule has 0 fully saturated rings. The second kappa shape index (κ2) is 7.57. The van der Waals surface area contributed by atoms with Gasteiger partial charge in [-0.1, -0.05) is 24.3 Å². The molecule has 0 aliphatic heterocycles. The number of aromatic hydroxyl groups is 1. The van der Waals surface area contributed by atoms with Gasteiger partial charge in [0.2, 0.25) is 0 Å². The number of nitro groups is 1. The molecule has 0 saturated carbocycles. The minimum absolute atomic E-state index is 0. The van der Waals surface area contributed by atoms with Crippen LogP contribution in [-0.4, -0.2) is 61.4 Å². The molecule has 0 aliphatic rings. The first-order chi connectivity index (χ1) is 8.65. The Hall–Kier alpha value is -0.984. The van der Waals surface area contributed by atoms with Crippen LogP contribution in [0.4, 0.5) is 5.69 Å². The summed E-state index contributed by atoms with van der Waals surface area (Å²) >= 11 is 0. The van der Waals surface area contributed by atoms with E-state index in [1.165, 1.54) is 12.1 Å². The van der Waals surface area contributed by atoms with E-state index in [-0.39, 0.29) is 62.8 Å². The molecule has 2 aromatic rings. The first-order valence-corrected chi connectivity index (χ1v) is 5.37. The Bertz CT molecular complexity index is 577. The van der Waals surface area contributed by atoms with Gasteiger partial charge in [0, 0.05) is 12.1 Å². The summed E-state index contributed by atoms with van der Waals surface area (Å²) < 4.78 is 0. The van der Waals surface area contributed by atoms with Crippen LogP contribution in [0.3, 0.4) is 0 Å². The normalized spacial score (nSPS) is 10.1. The molecule has 5 heteroatoms. The molecule has 2 rings (SSSR count). The van der Waals surface area contributed by atoms with Crippen molar-refractivity contribution in [3.8, 4) is 5.75 Å². The fourth-order valence-corrected chi connectivity index (χ4v) is 1.49. The molecule has 0 amide bonds.